The topological polar surface area (TPSA) is 16.4 Å². The van der Waals surface area contributed by atoms with Crippen molar-refractivity contribution in [2.45, 2.75) is 52.0 Å². The zero-order valence-electron chi connectivity index (χ0n) is 12.2. The van der Waals surface area contributed by atoms with Gasteiger partial charge in [0.1, 0.15) is 0 Å². The SMILES string of the molecule is CC.c1ccn2ccc(CCNC3CCCC3)c2c1. The monoisotopic (exact) mass is 258 g/mol. The van der Waals surface area contributed by atoms with E-state index in [1.807, 2.05) is 13.8 Å². The van der Waals surface area contributed by atoms with E-state index in [9.17, 15) is 0 Å². The highest BCUT2D eigenvalue weighted by Gasteiger charge is 2.13. The van der Waals surface area contributed by atoms with E-state index in [-0.39, 0.29) is 0 Å². The molecule has 1 aliphatic carbocycles. The van der Waals surface area contributed by atoms with Crippen molar-refractivity contribution in [1.29, 1.82) is 0 Å². The minimum Gasteiger partial charge on any atom is -0.324 e. The first-order valence-corrected chi connectivity index (χ1v) is 7.71. The maximum atomic E-state index is 3.68. The van der Waals surface area contributed by atoms with Crippen LogP contribution in [0, 0.1) is 0 Å². The zero-order chi connectivity index (χ0) is 13.5. The summed E-state index contributed by atoms with van der Waals surface area (Å²) in [5, 5.41) is 3.68. The molecule has 2 aromatic heterocycles. The molecule has 3 rings (SSSR count). The molecular weight excluding hydrogens is 232 g/mol. The lowest BCUT2D eigenvalue weighted by Gasteiger charge is -2.11. The summed E-state index contributed by atoms with van der Waals surface area (Å²) in [7, 11) is 0. The minimum atomic E-state index is 0.781. The van der Waals surface area contributed by atoms with Crippen LogP contribution in [0.15, 0.2) is 36.7 Å². The van der Waals surface area contributed by atoms with Gasteiger partial charge in [-0.1, -0.05) is 32.8 Å². The Labute approximate surface area is 116 Å². The summed E-state index contributed by atoms with van der Waals surface area (Å²) in [5.74, 6) is 0. The molecule has 0 saturated heterocycles. The van der Waals surface area contributed by atoms with Crippen molar-refractivity contribution in [2.75, 3.05) is 6.54 Å². The van der Waals surface area contributed by atoms with Crippen LogP contribution in [0.1, 0.15) is 45.1 Å². The Kier molecular flexibility index (Phi) is 5.46. The normalized spacial score (nSPS) is 15.5. The summed E-state index contributed by atoms with van der Waals surface area (Å²) >= 11 is 0. The number of fused-ring (bicyclic) bond motifs is 1. The first-order valence-electron chi connectivity index (χ1n) is 7.71. The van der Waals surface area contributed by atoms with Gasteiger partial charge < -0.3 is 9.72 Å². The Hall–Kier alpha value is -1.28. The van der Waals surface area contributed by atoms with E-state index in [0.29, 0.717) is 0 Å². The van der Waals surface area contributed by atoms with E-state index in [0.717, 1.165) is 19.0 Å². The summed E-state index contributed by atoms with van der Waals surface area (Å²) in [6.07, 6.45) is 11.0. The average Bonchev–Trinajstić information content (AvgIpc) is 3.11. The van der Waals surface area contributed by atoms with Crippen LogP contribution >= 0.6 is 0 Å². The Bertz CT molecular complexity index is 481. The van der Waals surface area contributed by atoms with Gasteiger partial charge in [0.15, 0.2) is 0 Å². The number of rotatable bonds is 4. The van der Waals surface area contributed by atoms with E-state index in [1.54, 1.807) is 0 Å². The molecule has 19 heavy (non-hydrogen) atoms. The molecule has 0 aliphatic heterocycles. The van der Waals surface area contributed by atoms with Gasteiger partial charge >= 0.3 is 0 Å². The first-order chi connectivity index (χ1) is 9.43. The molecule has 0 atom stereocenters. The summed E-state index contributed by atoms with van der Waals surface area (Å²) in [4.78, 5) is 0. The van der Waals surface area contributed by atoms with Gasteiger partial charge in [0, 0.05) is 24.0 Å². The van der Waals surface area contributed by atoms with Crippen LogP contribution in [0.4, 0.5) is 0 Å². The van der Waals surface area contributed by atoms with Gasteiger partial charge in [-0.15, -0.1) is 0 Å². The van der Waals surface area contributed by atoms with Gasteiger partial charge in [0.2, 0.25) is 0 Å². The maximum Gasteiger partial charge on any atom is 0.0482 e. The minimum absolute atomic E-state index is 0.781. The van der Waals surface area contributed by atoms with Gasteiger partial charge in [0.25, 0.3) is 0 Å². The van der Waals surface area contributed by atoms with Gasteiger partial charge in [-0.05, 0) is 49.6 Å². The molecule has 2 nitrogen and oxygen atoms in total. The molecule has 0 amide bonds. The Balaban J connectivity index is 0.000000637. The summed E-state index contributed by atoms with van der Waals surface area (Å²) in [5.41, 5.74) is 2.80. The van der Waals surface area contributed by atoms with E-state index >= 15 is 0 Å². The van der Waals surface area contributed by atoms with Crippen molar-refractivity contribution in [2.24, 2.45) is 0 Å². The first kappa shape index (κ1) is 14.1. The number of hydrogen-bond donors (Lipinski definition) is 1. The van der Waals surface area contributed by atoms with E-state index < -0.39 is 0 Å². The van der Waals surface area contributed by atoms with Crippen LogP contribution in [0.2, 0.25) is 0 Å². The predicted molar refractivity (Wildman–Crippen MR) is 82.7 cm³/mol. The van der Waals surface area contributed by atoms with E-state index in [4.69, 9.17) is 0 Å². The summed E-state index contributed by atoms with van der Waals surface area (Å²) < 4.78 is 2.20. The maximum absolute atomic E-state index is 3.68. The van der Waals surface area contributed by atoms with E-state index in [1.165, 1.54) is 36.8 Å². The molecular formula is C17H26N2. The van der Waals surface area contributed by atoms with Crippen molar-refractivity contribution in [3.05, 3.63) is 42.2 Å². The lowest BCUT2D eigenvalue weighted by atomic mass is 10.2. The molecule has 0 aromatic carbocycles. The molecule has 0 unspecified atom stereocenters. The Morgan fingerprint density at radius 2 is 1.89 bits per heavy atom. The van der Waals surface area contributed by atoms with Crippen LogP contribution in [0.25, 0.3) is 5.52 Å². The highest BCUT2D eigenvalue weighted by atomic mass is 14.9. The fourth-order valence-corrected chi connectivity index (χ4v) is 2.87. The van der Waals surface area contributed by atoms with Crippen molar-refractivity contribution in [3.63, 3.8) is 0 Å². The number of pyridine rings is 1. The van der Waals surface area contributed by atoms with E-state index in [2.05, 4.69) is 46.4 Å². The molecule has 1 aliphatic rings. The second-order valence-electron chi connectivity index (χ2n) is 5.02. The molecule has 2 aromatic rings. The van der Waals surface area contributed by atoms with Gasteiger partial charge in [0.05, 0.1) is 0 Å². The van der Waals surface area contributed by atoms with Crippen molar-refractivity contribution in [1.82, 2.24) is 9.72 Å². The molecule has 104 valence electrons. The third-order valence-corrected chi connectivity index (χ3v) is 3.84. The van der Waals surface area contributed by atoms with Crippen LogP contribution in [0.5, 0.6) is 0 Å². The Morgan fingerprint density at radius 3 is 2.68 bits per heavy atom. The van der Waals surface area contributed by atoms with Crippen LogP contribution in [0.3, 0.4) is 0 Å². The van der Waals surface area contributed by atoms with Crippen LogP contribution < -0.4 is 5.32 Å². The largest absolute Gasteiger partial charge is 0.324 e. The fourth-order valence-electron chi connectivity index (χ4n) is 2.87. The predicted octanol–water partition coefficient (Wildman–Crippen LogP) is 4.04. The van der Waals surface area contributed by atoms with Crippen LogP contribution in [-0.2, 0) is 6.42 Å². The van der Waals surface area contributed by atoms with Gasteiger partial charge in [-0.25, -0.2) is 0 Å². The number of hydrogen-bond acceptors (Lipinski definition) is 1. The van der Waals surface area contributed by atoms with Gasteiger partial charge in [-0.2, -0.15) is 0 Å². The lowest BCUT2D eigenvalue weighted by Crippen LogP contribution is -2.27. The second-order valence-corrected chi connectivity index (χ2v) is 5.02. The Morgan fingerprint density at radius 1 is 1.11 bits per heavy atom. The van der Waals surface area contributed by atoms with Crippen LogP contribution in [-0.4, -0.2) is 17.0 Å². The third-order valence-electron chi connectivity index (χ3n) is 3.84. The third kappa shape index (κ3) is 3.60. The quantitative estimate of drug-likeness (QED) is 0.875. The molecule has 1 saturated carbocycles. The van der Waals surface area contributed by atoms with Crippen molar-refractivity contribution >= 4 is 5.52 Å². The molecule has 2 heterocycles. The molecule has 0 spiro atoms. The molecule has 1 fully saturated rings. The molecule has 0 radical (unpaired) electrons. The smallest absolute Gasteiger partial charge is 0.0482 e. The van der Waals surface area contributed by atoms with Crippen molar-refractivity contribution < 1.29 is 0 Å². The standard InChI is InChI=1S/C15H20N2.C2H6/c1-2-6-14(5-1)16-10-8-13-9-12-17-11-4-3-7-15(13)17;1-2/h3-4,7,9,11-12,14,16H,1-2,5-6,8,10H2;1-2H3. The molecule has 2 heteroatoms. The van der Waals surface area contributed by atoms with Gasteiger partial charge in [-0.3, -0.25) is 0 Å². The number of nitrogens with one attached hydrogen (secondary N) is 1. The molecule has 1 N–H and O–H groups in total. The highest BCUT2D eigenvalue weighted by molar-refractivity contribution is 5.55. The second kappa shape index (κ2) is 7.34. The highest BCUT2D eigenvalue weighted by Crippen LogP contribution is 2.18. The number of aromatic nitrogens is 1. The molecule has 0 bridgehead atoms. The summed E-state index contributed by atoms with van der Waals surface area (Å²) in [6, 6.07) is 9.41. The van der Waals surface area contributed by atoms with Crippen molar-refractivity contribution in [3.8, 4) is 0 Å². The average molecular weight is 258 g/mol. The fraction of sp³-hybridized carbons (Fsp3) is 0.529. The zero-order valence-corrected chi connectivity index (χ0v) is 12.2. The number of nitrogens with zero attached hydrogens (tertiary/aromatic N) is 1. The lowest BCUT2D eigenvalue weighted by molar-refractivity contribution is 0.528. The summed E-state index contributed by atoms with van der Waals surface area (Å²) in [6.45, 7) is 5.11.